The Morgan fingerprint density at radius 3 is 2.22 bits per heavy atom. The molecule has 5 nitrogen and oxygen atoms in total. The van der Waals surface area contributed by atoms with Gasteiger partial charge in [0.05, 0.1) is 17.7 Å². The van der Waals surface area contributed by atoms with Crippen LogP contribution in [0.5, 0.6) is 0 Å². The first-order chi connectivity index (χ1) is 12.5. The number of rotatable bonds is 4. The maximum absolute atomic E-state index is 12.4. The van der Waals surface area contributed by atoms with Crippen LogP contribution in [0.1, 0.15) is 70.2 Å². The molecule has 6 heteroatoms. The Labute approximate surface area is 168 Å². The summed E-state index contributed by atoms with van der Waals surface area (Å²) < 4.78 is 13.1. The second-order valence-electron chi connectivity index (χ2n) is 7.21. The second kappa shape index (κ2) is 9.07. The molecule has 0 fully saturated rings. The summed E-state index contributed by atoms with van der Waals surface area (Å²) in [6, 6.07) is 0. The quantitative estimate of drug-likeness (QED) is 0.623. The topological polar surface area (TPSA) is 53.4 Å². The summed E-state index contributed by atoms with van der Waals surface area (Å²) >= 11 is 6.78. The third-order valence-electron chi connectivity index (χ3n) is 4.39. The third kappa shape index (κ3) is 4.64. The van der Waals surface area contributed by atoms with Gasteiger partial charge in [-0.1, -0.05) is 25.4 Å². The molecule has 0 saturated carbocycles. The third-order valence-corrected chi connectivity index (χ3v) is 4.78. The number of carbonyl (C=O) groups is 1. The highest BCUT2D eigenvalue weighted by Gasteiger charge is 2.33. The van der Waals surface area contributed by atoms with Gasteiger partial charge in [0, 0.05) is 28.9 Å². The minimum absolute atomic E-state index is 0.481. The van der Waals surface area contributed by atoms with Crippen LogP contribution in [-0.2, 0) is 20.8 Å². The number of methoxy groups -OCH3 is 1. The van der Waals surface area contributed by atoms with E-state index >= 15 is 0 Å². The molecule has 2 aromatic rings. The lowest BCUT2D eigenvalue weighted by atomic mass is 10.0. The van der Waals surface area contributed by atoms with Gasteiger partial charge < -0.3 is 14.0 Å². The molecule has 0 amide bonds. The molecule has 2 heterocycles. The van der Waals surface area contributed by atoms with Crippen LogP contribution < -0.4 is 0 Å². The minimum Gasteiger partial charge on any atom is -0.467 e. The summed E-state index contributed by atoms with van der Waals surface area (Å²) in [6.45, 7) is 18.5. The summed E-state index contributed by atoms with van der Waals surface area (Å²) in [5, 5.41) is 1.38. The molecule has 0 N–H and O–H groups in total. The van der Waals surface area contributed by atoms with E-state index in [0.717, 1.165) is 28.8 Å². The number of halogens is 1. The highest BCUT2D eigenvalue weighted by molar-refractivity contribution is 6.36. The first-order valence-electron chi connectivity index (χ1n) is 9.44. The van der Waals surface area contributed by atoms with Crippen LogP contribution in [0.4, 0.5) is 0 Å². The van der Waals surface area contributed by atoms with Crippen molar-refractivity contribution < 1.29 is 14.3 Å². The molecular formula is C21H33ClN2O3. The van der Waals surface area contributed by atoms with Crippen molar-refractivity contribution in [2.45, 2.75) is 80.6 Å². The van der Waals surface area contributed by atoms with E-state index in [2.05, 4.69) is 18.4 Å². The number of aryl methyl sites for hydroxylation is 3. The van der Waals surface area contributed by atoms with Crippen LogP contribution in [0.15, 0.2) is 0 Å². The molecule has 1 atom stereocenters. The van der Waals surface area contributed by atoms with Crippen molar-refractivity contribution in [1.29, 1.82) is 0 Å². The fourth-order valence-corrected chi connectivity index (χ4v) is 3.58. The Balaban J connectivity index is 0.00000176. The van der Waals surface area contributed by atoms with Crippen molar-refractivity contribution in [1.82, 2.24) is 9.55 Å². The lowest BCUT2D eigenvalue weighted by Crippen LogP contribution is -2.29. The number of hydrogen-bond acceptors (Lipinski definition) is 4. The van der Waals surface area contributed by atoms with Gasteiger partial charge >= 0.3 is 5.97 Å². The highest BCUT2D eigenvalue weighted by Crippen LogP contribution is 2.39. The lowest BCUT2D eigenvalue weighted by Gasteiger charge is -2.27. The standard InChI is InChI=1S/C19H27ClN2O3.C2H6/c1-9-22-12(4)10(2)13-15(20)14(11(3)21-17(13)22)16(18(23)24-8)25-19(5,6)7;1-2/h16H,9H2,1-8H3;1-2H3. The van der Waals surface area contributed by atoms with Crippen molar-refractivity contribution in [3.8, 4) is 0 Å². The van der Waals surface area contributed by atoms with Crippen LogP contribution >= 0.6 is 11.6 Å². The van der Waals surface area contributed by atoms with Gasteiger partial charge in [0.25, 0.3) is 0 Å². The SMILES string of the molecule is CC.CCn1c(C)c(C)c2c(Cl)c(C(OC(C)(C)C)C(=O)OC)c(C)nc21. The molecule has 27 heavy (non-hydrogen) atoms. The summed E-state index contributed by atoms with van der Waals surface area (Å²) in [5.41, 5.74) is 3.73. The number of nitrogens with zero attached hydrogens (tertiary/aromatic N) is 2. The smallest absolute Gasteiger partial charge is 0.339 e. The monoisotopic (exact) mass is 396 g/mol. The van der Waals surface area contributed by atoms with Crippen LogP contribution in [0, 0.1) is 20.8 Å². The summed E-state index contributed by atoms with van der Waals surface area (Å²) in [5.74, 6) is -0.481. The van der Waals surface area contributed by atoms with E-state index in [-0.39, 0.29) is 0 Å². The fourth-order valence-electron chi connectivity index (χ4n) is 3.11. The molecule has 0 aliphatic heterocycles. The maximum Gasteiger partial charge on any atom is 0.339 e. The van der Waals surface area contributed by atoms with E-state index in [4.69, 9.17) is 26.1 Å². The zero-order valence-electron chi connectivity index (χ0n) is 18.3. The molecule has 1 unspecified atom stereocenters. The zero-order valence-corrected chi connectivity index (χ0v) is 19.0. The van der Waals surface area contributed by atoms with E-state index in [1.165, 1.54) is 7.11 Å². The Kier molecular flexibility index (Phi) is 7.87. The average Bonchev–Trinajstić information content (AvgIpc) is 2.84. The molecule has 152 valence electrons. The normalized spacial score (nSPS) is 12.6. The lowest BCUT2D eigenvalue weighted by molar-refractivity contribution is -0.164. The van der Waals surface area contributed by atoms with E-state index < -0.39 is 17.7 Å². The maximum atomic E-state index is 12.4. The largest absolute Gasteiger partial charge is 0.467 e. The molecule has 0 spiro atoms. The van der Waals surface area contributed by atoms with Gasteiger partial charge in [0.1, 0.15) is 5.65 Å². The summed E-state index contributed by atoms with van der Waals surface area (Å²) in [6.07, 6.45) is -0.918. The van der Waals surface area contributed by atoms with Gasteiger partial charge in [-0.2, -0.15) is 0 Å². The van der Waals surface area contributed by atoms with E-state index in [0.29, 0.717) is 16.3 Å². The first kappa shape index (κ1) is 23.4. The number of pyridine rings is 1. The molecule has 2 aromatic heterocycles. The number of ether oxygens (including phenoxy) is 2. The second-order valence-corrected chi connectivity index (χ2v) is 7.59. The predicted octanol–water partition coefficient (Wildman–Crippen LogP) is 5.69. The molecular weight excluding hydrogens is 364 g/mol. The number of hydrogen-bond donors (Lipinski definition) is 0. The van der Waals surface area contributed by atoms with Gasteiger partial charge in [0.15, 0.2) is 6.10 Å². The van der Waals surface area contributed by atoms with Gasteiger partial charge in [-0.05, 0) is 54.0 Å². The highest BCUT2D eigenvalue weighted by atomic mass is 35.5. The number of esters is 1. The van der Waals surface area contributed by atoms with E-state index in [1.54, 1.807) is 0 Å². The average molecular weight is 397 g/mol. The molecule has 0 saturated heterocycles. The summed E-state index contributed by atoms with van der Waals surface area (Å²) in [7, 11) is 1.35. The van der Waals surface area contributed by atoms with E-state index in [1.807, 2.05) is 48.5 Å². The van der Waals surface area contributed by atoms with E-state index in [9.17, 15) is 4.79 Å². The Bertz CT molecular complexity index is 819. The summed E-state index contributed by atoms with van der Waals surface area (Å²) in [4.78, 5) is 17.2. The Morgan fingerprint density at radius 2 is 1.78 bits per heavy atom. The fraction of sp³-hybridized carbons (Fsp3) is 0.619. The molecule has 0 radical (unpaired) electrons. The van der Waals surface area contributed by atoms with Crippen LogP contribution in [0.3, 0.4) is 0 Å². The van der Waals surface area contributed by atoms with Crippen LogP contribution in [-0.4, -0.2) is 28.2 Å². The van der Waals surface area contributed by atoms with Gasteiger partial charge in [-0.3, -0.25) is 0 Å². The van der Waals surface area contributed by atoms with Gasteiger partial charge in [-0.15, -0.1) is 0 Å². The first-order valence-corrected chi connectivity index (χ1v) is 9.82. The zero-order chi connectivity index (χ0) is 21.1. The predicted molar refractivity (Wildman–Crippen MR) is 112 cm³/mol. The van der Waals surface area contributed by atoms with Gasteiger partial charge in [0.2, 0.25) is 0 Å². The number of fused-ring (bicyclic) bond motifs is 1. The van der Waals surface area contributed by atoms with Crippen molar-refractivity contribution in [3.63, 3.8) is 0 Å². The molecule has 2 rings (SSSR count). The van der Waals surface area contributed by atoms with Crippen molar-refractivity contribution in [2.24, 2.45) is 0 Å². The molecule has 0 bridgehead atoms. The molecule has 0 aliphatic carbocycles. The Morgan fingerprint density at radius 1 is 1.22 bits per heavy atom. The number of carbonyl (C=O) groups excluding carboxylic acids is 1. The number of aromatic nitrogens is 2. The minimum atomic E-state index is -0.918. The van der Waals surface area contributed by atoms with Crippen molar-refractivity contribution in [3.05, 3.63) is 27.5 Å². The van der Waals surface area contributed by atoms with Crippen LogP contribution in [0.25, 0.3) is 11.0 Å². The van der Waals surface area contributed by atoms with Gasteiger partial charge in [-0.25, -0.2) is 9.78 Å². The van der Waals surface area contributed by atoms with Crippen molar-refractivity contribution in [2.75, 3.05) is 7.11 Å². The molecule has 0 aromatic carbocycles. The Hall–Kier alpha value is -1.59. The van der Waals surface area contributed by atoms with Crippen molar-refractivity contribution >= 4 is 28.6 Å². The molecule has 0 aliphatic rings. The van der Waals surface area contributed by atoms with Crippen LogP contribution in [0.2, 0.25) is 5.02 Å².